The van der Waals surface area contributed by atoms with Crippen LogP contribution in [-0.2, 0) is 6.18 Å². The van der Waals surface area contributed by atoms with Crippen molar-refractivity contribution >= 4 is 42.4 Å². The van der Waals surface area contributed by atoms with Crippen molar-refractivity contribution in [2.75, 3.05) is 0 Å². The Bertz CT molecular complexity index is 942. The maximum absolute atomic E-state index is 13.1. The highest BCUT2D eigenvalue weighted by Gasteiger charge is 2.55. The van der Waals surface area contributed by atoms with Gasteiger partial charge in [0.05, 0.1) is 17.8 Å². The number of rotatable bonds is 1. The van der Waals surface area contributed by atoms with Crippen LogP contribution in [0.4, 0.5) is 37.7 Å². The second-order valence-corrected chi connectivity index (χ2v) is 6.02. The van der Waals surface area contributed by atoms with E-state index in [1.165, 1.54) is 6.92 Å². The summed E-state index contributed by atoms with van der Waals surface area (Å²) in [6.45, 7) is 8.17. The molecule has 2 N–H and O–H groups in total. The number of nitrogens with zero attached hydrogens (tertiary/aromatic N) is 5. The lowest BCUT2D eigenvalue weighted by Gasteiger charge is -2.25. The molecular formula is C15H12F6N6S. The average molecular weight is 422 g/mol. The quantitative estimate of drug-likeness (QED) is 0.547. The summed E-state index contributed by atoms with van der Waals surface area (Å²) in [5.41, 5.74) is 1.02. The lowest BCUT2D eigenvalue weighted by atomic mass is 9.95. The molecular weight excluding hydrogens is 410 g/mol. The molecule has 28 heavy (non-hydrogen) atoms. The van der Waals surface area contributed by atoms with Gasteiger partial charge in [-0.05, 0) is 19.1 Å². The minimum absolute atomic E-state index is 0. The van der Waals surface area contributed by atoms with Crippen LogP contribution in [-0.4, -0.2) is 34.2 Å². The zero-order valence-electron chi connectivity index (χ0n) is 14.0. The van der Waals surface area contributed by atoms with E-state index in [9.17, 15) is 26.3 Å². The molecule has 2 heterocycles. The molecule has 1 atom stereocenters. The largest absolute Gasteiger partial charge is 0.431 e. The second-order valence-electron chi connectivity index (χ2n) is 6.02. The summed E-state index contributed by atoms with van der Waals surface area (Å²) in [4.78, 5) is 10.6. The summed E-state index contributed by atoms with van der Waals surface area (Å²) in [7, 11) is 0. The Balaban J connectivity index is 0.00000280. The molecule has 1 aromatic rings. The monoisotopic (exact) mass is 422 g/mol. The number of nitrogens with two attached hydrogens (primary N) is 1. The van der Waals surface area contributed by atoms with Crippen molar-refractivity contribution in [1.82, 2.24) is 5.01 Å². The summed E-state index contributed by atoms with van der Waals surface area (Å²) in [6, 6.07) is 2.72. The van der Waals surface area contributed by atoms with Gasteiger partial charge in [0.2, 0.25) is 5.96 Å². The van der Waals surface area contributed by atoms with Crippen molar-refractivity contribution in [3.63, 3.8) is 0 Å². The number of benzene rings is 1. The highest BCUT2D eigenvalue weighted by Crippen LogP contribution is 2.41. The SMILES string of the molecule is S.[C-]#[N+]c1ccc(N=C2N=C(N)N3N=C(C(F)(F)F)C[C@@]23C)cc1C(F)(F)F. The van der Waals surface area contributed by atoms with Gasteiger partial charge < -0.3 is 5.73 Å². The smallest absolute Gasteiger partial charge is 0.368 e. The van der Waals surface area contributed by atoms with Crippen molar-refractivity contribution < 1.29 is 26.3 Å². The van der Waals surface area contributed by atoms with E-state index in [0.717, 1.165) is 17.1 Å². The number of aliphatic imine (C=N–C) groups is 2. The molecule has 0 saturated carbocycles. The van der Waals surface area contributed by atoms with Crippen LogP contribution in [0.2, 0.25) is 0 Å². The molecule has 0 saturated heterocycles. The molecule has 2 aliphatic heterocycles. The van der Waals surface area contributed by atoms with Crippen LogP contribution in [0, 0.1) is 6.57 Å². The Morgan fingerprint density at radius 1 is 1.21 bits per heavy atom. The van der Waals surface area contributed by atoms with E-state index in [0.29, 0.717) is 6.07 Å². The van der Waals surface area contributed by atoms with Gasteiger partial charge in [0, 0.05) is 6.42 Å². The molecule has 0 unspecified atom stereocenters. The average Bonchev–Trinajstić information content (AvgIpc) is 3.01. The molecule has 2 aliphatic rings. The third-order valence-electron chi connectivity index (χ3n) is 4.09. The first kappa shape index (κ1) is 21.5. The van der Waals surface area contributed by atoms with Gasteiger partial charge >= 0.3 is 12.4 Å². The van der Waals surface area contributed by atoms with Crippen LogP contribution in [0.25, 0.3) is 4.85 Å². The van der Waals surface area contributed by atoms with Crippen LogP contribution >= 0.6 is 13.5 Å². The molecule has 0 bridgehead atoms. The normalized spacial score (nSPS) is 23.1. The third kappa shape index (κ3) is 3.51. The van der Waals surface area contributed by atoms with Crippen molar-refractivity contribution in [3.05, 3.63) is 35.2 Å². The molecule has 0 spiro atoms. The fourth-order valence-electron chi connectivity index (χ4n) is 2.76. The molecule has 150 valence electrons. The predicted molar refractivity (Wildman–Crippen MR) is 95.2 cm³/mol. The molecule has 0 amide bonds. The molecule has 6 nitrogen and oxygen atoms in total. The van der Waals surface area contributed by atoms with Crippen LogP contribution in [0.3, 0.4) is 0 Å². The van der Waals surface area contributed by atoms with Crippen molar-refractivity contribution in [3.8, 4) is 0 Å². The van der Waals surface area contributed by atoms with E-state index in [1.54, 1.807) is 0 Å². The zero-order valence-corrected chi connectivity index (χ0v) is 15.0. The van der Waals surface area contributed by atoms with Crippen LogP contribution in [0.1, 0.15) is 18.9 Å². The van der Waals surface area contributed by atoms with Gasteiger partial charge in [-0.15, -0.1) is 0 Å². The Kier molecular flexibility index (Phi) is 5.15. The van der Waals surface area contributed by atoms with E-state index >= 15 is 0 Å². The molecule has 0 aliphatic carbocycles. The summed E-state index contributed by atoms with van der Waals surface area (Å²) in [5, 5.41) is 4.27. The first-order chi connectivity index (χ1) is 12.4. The van der Waals surface area contributed by atoms with Gasteiger partial charge in [-0.3, -0.25) is 0 Å². The lowest BCUT2D eigenvalue weighted by molar-refractivity contribution is -0.136. The summed E-state index contributed by atoms with van der Waals surface area (Å²) in [6.07, 6.45) is -10.1. The summed E-state index contributed by atoms with van der Waals surface area (Å²) < 4.78 is 78.1. The number of hydrogen-bond acceptors (Lipinski definition) is 4. The van der Waals surface area contributed by atoms with Gasteiger partial charge in [-0.25, -0.2) is 14.8 Å². The molecule has 1 aromatic carbocycles. The van der Waals surface area contributed by atoms with Crippen LogP contribution < -0.4 is 5.73 Å². The fraction of sp³-hybridized carbons (Fsp3) is 0.333. The van der Waals surface area contributed by atoms with E-state index < -0.39 is 41.3 Å². The Morgan fingerprint density at radius 2 is 1.86 bits per heavy atom. The Morgan fingerprint density at radius 3 is 2.39 bits per heavy atom. The highest BCUT2D eigenvalue weighted by molar-refractivity contribution is 7.59. The maximum atomic E-state index is 13.1. The van der Waals surface area contributed by atoms with E-state index in [-0.39, 0.29) is 31.0 Å². The summed E-state index contributed by atoms with van der Waals surface area (Å²) in [5.74, 6) is -0.545. The molecule has 3 rings (SSSR count). The van der Waals surface area contributed by atoms with Gasteiger partial charge in [-0.2, -0.15) is 49.9 Å². The van der Waals surface area contributed by atoms with E-state index in [2.05, 4.69) is 19.9 Å². The molecule has 0 radical (unpaired) electrons. The highest BCUT2D eigenvalue weighted by atomic mass is 32.1. The minimum Gasteiger partial charge on any atom is -0.368 e. The number of alkyl halides is 6. The van der Waals surface area contributed by atoms with Crippen LogP contribution in [0.15, 0.2) is 33.3 Å². The van der Waals surface area contributed by atoms with Gasteiger partial charge in [0.15, 0.2) is 11.5 Å². The van der Waals surface area contributed by atoms with Gasteiger partial charge in [-0.1, -0.05) is 6.07 Å². The number of hydrogen-bond donors (Lipinski definition) is 1. The number of amidine groups is 1. The fourth-order valence-corrected chi connectivity index (χ4v) is 2.76. The predicted octanol–water partition coefficient (Wildman–Crippen LogP) is 4.11. The van der Waals surface area contributed by atoms with Gasteiger partial charge in [0.1, 0.15) is 11.3 Å². The number of fused-ring (bicyclic) bond motifs is 1. The minimum atomic E-state index is -4.79. The van der Waals surface area contributed by atoms with E-state index in [4.69, 9.17) is 12.3 Å². The third-order valence-corrected chi connectivity index (χ3v) is 4.09. The van der Waals surface area contributed by atoms with Crippen LogP contribution in [0.5, 0.6) is 0 Å². The lowest BCUT2D eigenvalue weighted by Crippen LogP contribution is -2.45. The summed E-state index contributed by atoms with van der Waals surface area (Å²) >= 11 is 0. The zero-order chi connectivity index (χ0) is 20.2. The standard InChI is InChI=1S/C15H10F6N6.H2S/c1-13-6-10(15(19,20)21)26-27(13)12(22)25-11(13)24-7-3-4-9(23-2)8(5-7)14(16,17)18;/h3-5H,6H2,1H3,(H2,22,24,25);1H2/t13-;/m0./s1. The van der Waals surface area contributed by atoms with E-state index in [1.807, 2.05) is 0 Å². The van der Waals surface area contributed by atoms with Crippen molar-refractivity contribution in [1.29, 1.82) is 0 Å². The van der Waals surface area contributed by atoms with Crippen molar-refractivity contribution in [2.45, 2.75) is 31.2 Å². The number of hydrazone groups is 1. The van der Waals surface area contributed by atoms with Crippen molar-refractivity contribution in [2.24, 2.45) is 20.8 Å². The molecule has 13 heteroatoms. The molecule has 0 fully saturated rings. The second kappa shape index (κ2) is 6.69. The number of guanidine groups is 1. The Hall–Kier alpha value is -2.75. The first-order valence-corrected chi connectivity index (χ1v) is 7.33. The number of halogens is 6. The Labute approximate surface area is 161 Å². The topological polar surface area (TPSA) is 70.7 Å². The first-order valence-electron chi connectivity index (χ1n) is 7.33. The van der Waals surface area contributed by atoms with Gasteiger partial charge in [0.25, 0.3) is 0 Å². The molecule has 0 aromatic heterocycles. The maximum Gasteiger partial charge on any atom is 0.431 e.